The molecule has 0 saturated carbocycles. The summed E-state index contributed by atoms with van der Waals surface area (Å²) in [4.78, 5) is 2.44. The van der Waals surface area contributed by atoms with Crippen molar-refractivity contribution in [2.24, 2.45) is 0 Å². The fourth-order valence-corrected chi connectivity index (χ4v) is 2.88. The van der Waals surface area contributed by atoms with Gasteiger partial charge in [0.15, 0.2) is 0 Å². The van der Waals surface area contributed by atoms with E-state index in [1.165, 1.54) is 0 Å². The summed E-state index contributed by atoms with van der Waals surface area (Å²) in [6, 6.07) is 5.42. The molecule has 2 unspecified atom stereocenters. The molecule has 0 radical (unpaired) electrons. The molecule has 1 aromatic carbocycles. The van der Waals surface area contributed by atoms with E-state index in [1.54, 1.807) is 13.0 Å². The van der Waals surface area contributed by atoms with Gasteiger partial charge in [-0.3, -0.25) is 4.90 Å². The highest BCUT2D eigenvalue weighted by atomic mass is 19.1. The summed E-state index contributed by atoms with van der Waals surface area (Å²) in [7, 11) is 1.94. The minimum atomic E-state index is -0.152. The number of benzene rings is 1. The Morgan fingerprint density at radius 3 is 2.95 bits per heavy atom. The number of likely N-dealkylation sites (N-methyl/N-ethyl adjacent to an activating group) is 1. The van der Waals surface area contributed by atoms with Gasteiger partial charge in [0, 0.05) is 13.1 Å². The van der Waals surface area contributed by atoms with Crippen molar-refractivity contribution in [2.75, 3.05) is 33.3 Å². The molecule has 1 saturated heterocycles. The minimum absolute atomic E-state index is 0.106. The Morgan fingerprint density at radius 1 is 1.50 bits per heavy atom. The van der Waals surface area contributed by atoms with Crippen LogP contribution in [0.3, 0.4) is 0 Å². The van der Waals surface area contributed by atoms with Gasteiger partial charge in [0.05, 0.1) is 18.8 Å². The van der Waals surface area contributed by atoms with E-state index in [4.69, 9.17) is 4.74 Å². The quantitative estimate of drug-likeness (QED) is 0.897. The molecule has 20 heavy (non-hydrogen) atoms. The number of hydrogen-bond acceptors (Lipinski definition) is 3. The molecule has 1 heterocycles. The van der Waals surface area contributed by atoms with Crippen molar-refractivity contribution in [1.29, 1.82) is 0 Å². The lowest BCUT2D eigenvalue weighted by atomic mass is 9.98. The second-order valence-corrected chi connectivity index (χ2v) is 5.48. The van der Waals surface area contributed by atoms with Gasteiger partial charge in [-0.25, -0.2) is 4.39 Å². The van der Waals surface area contributed by atoms with Crippen molar-refractivity contribution < 1.29 is 9.13 Å². The normalized spacial score (nSPS) is 21.9. The topological polar surface area (TPSA) is 24.5 Å². The minimum Gasteiger partial charge on any atom is -0.374 e. The van der Waals surface area contributed by atoms with E-state index >= 15 is 0 Å². The van der Waals surface area contributed by atoms with Crippen molar-refractivity contribution in [3.8, 4) is 0 Å². The van der Waals surface area contributed by atoms with E-state index in [1.807, 2.05) is 19.2 Å². The molecule has 1 N–H and O–H groups in total. The lowest BCUT2D eigenvalue weighted by Gasteiger charge is -2.37. The molecule has 1 aromatic rings. The predicted octanol–water partition coefficient (Wildman–Crippen LogP) is 2.51. The molecule has 1 aliphatic heterocycles. The van der Waals surface area contributed by atoms with Crippen LogP contribution >= 0.6 is 0 Å². The van der Waals surface area contributed by atoms with Crippen LogP contribution in [0.2, 0.25) is 0 Å². The standard InChI is InChI=1S/C16H25FN2O/c1-4-7-19-8-9-20-15(11-19)16(18-3)13-5-6-14(17)12(2)10-13/h5-6,10,15-16,18H,4,7-9,11H2,1-3H3. The zero-order valence-corrected chi connectivity index (χ0v) is 12.7. The summed E-state index contributed by atoms with van der Waals surface area (Å²) in [5.41, 5.74) is 1.78. The highest BCUT2D eigenvalue weighted by Gasteiger charge is 2.28. The maximum atomic E-state index is 13.4. The van der Waals surface area contributed by atoms with Gasteiger partial charge in [-0.1, -0.05) is 19.1 Å². The Kier molecular flexibility index (Phi) is 5.52. The fourth-order valence-electron chi connectivity index (χ4n) is 2.88. The number of hydrogen-bond donors (Lipinski definition) is 1. The molecule has 2 atom stereocenters. The number of aryl methyl sites for hydroxylation is 1. The third-order valence-corrected chi connectivity index (χ3v) is 3.94. The van der Waals surface area contributed by atoms with Crippen molar-refractivity contribution in [3.05, 3.63) is 35.1 Å². The average Bonchev–Trinajstić information content (AvgIpc) is 2.44. The summed E-state index contributed by atoms with van der Waals surface area (Å²) in [6.45, 7) is 7.81. The first-order valence-corrected chi connectivity index (χ1v) is 7.43. The van der Waals surface area contributed by atoms with Crippen LogP contribution in [-0.2, 0) is 4.74 Å². The van der Waals surface area contributed by atoms with E-state index in [9.17, 15) is 4.39 Å². The van der Waals surface area contributed by atoms with Crippen LogP contribution in [0, 0.1) is 12.7 Å². The second-order valence-electron chi connectivity index (χ2n) is 5.48. The maximum absolute atomic E-state index is 13.4. The molecule has 1 aliphatic rings. The summed E-state index contributed by atoms with van der Waals surface area (Å²) in [5, 5.41) is 3.32. The Morgan fingerprint density at radius 2 is 2.30 bits per heavy atom. The van der Waals surface area contributed by atoms with Crippen molar-refractivity contribution in [1.82, 2.24) is 10.2 Å². The van der Waals surface area contributed by atoms with E-state index in [0.717, 1.165) is 38.2 Å². The summed E-state index contributed by atoms with van der Waals surface area (Å²) < 4.78 is 19.3. The van der Waals surface area contributed by atoms with Crippen molar-refractivity contribution >= 4 is 0 Å². The molecule has 3 nitrogen and oxygen atoms in total. The van der Waals surface area contributed by atoms with E-state index in [-0.39, 0.29) is 18.0 Å². The molecule has 2 rings (SSSR count). The van der Waals surface area contributed by atoms with Gasteiger partial charge in [-0.05, 0) is 44.1 Å². The van der Waals surface area contributed by atoms with Gasteiger partial charge in [0.1, 0.15) is 5.82 Å². The van der Waals surface area contributed by atoms with Gasteiger partial charge in [-0.15, -0.1) is 0 Å². The van der Waals surface area contributed by atoms with Crippen LogP contribution in [-0.4, -0.2) is 44.3 Å². The fraction of sp³-hybridized carbons (Fsp3) is 0.625. The number of ether oxygens (including phenoxy) is 1. The zero-order valence-electron chi connectivity index (χ0n) is 12.7. The van der Waals surface area contributed by atoms with Crippen LogP contribution in [0.1, 0.15) is 30.5 Å². The lowest BCUT2D eigenvalue weighted by Crippen LogP contribution is -2.47. The number of nitrogens with one attached hydrogen (secondary N) is 1. The van der Waals surface area contributed by atoms with E-state index < -0.39 is 0 Å². The zero-order chi connectivity index (χ0) is 14.5. The Labute approximate surface area is 121 Å². The van der Waals surface area contributed by atoms with Gasteiger partial charge in [0.2, 0.25) is 0 Å². The Balaban J connectivity index is 2.12. The first-order chi connectivity index (χ1) is 9.65. The summed E-state index contributed by atoms with van der Waals surface area (Å²) in [5.74, 6) is -0.152. The second kappa shape index (κ2) is 7.16. The SMILES string of the molecule is CCCN1CCOC(C(NC)c2ccc(F)c(C)c2)C1. The first-order valence-electron chi connectivity index (χ1n) is 7.43. The van der Waals surface area contributed by atoms with Crippen LogP contribution in [0.25, 0.3) is 0 Å². The molecular weight excluding hydrogens is 255 g/mol. The molecule has 0 aliphatic carbocycles. The Hall–Kier alpha value is -0.970. The molecule has 0 aromatic heterocycles. The van der Waals surface area contributed by atoms with Gasteiger partial charge < -0.3 is 10.1 Å². The predicted molar refractivity (Wildman–Crippen MR) is 79.4 cm³/mol. The van der Waals surface area contributed by atoms with Crippen LogP contribution in [0.15, 0.2) is 18.2 Å². The molecular formula is C16H25FN2O. The smallest absolute Gasteiger partial charge is 0.126 e. The first kappa shape index (κ1) is 15.4. The van der Waals surface area contributed by atoms with Crippen molar-refractivity contribution in [3.63, 3.8) is 0 Å². The highest BCUT2D eigenvalue weighted by molar-refractivity contribution is 5.27. The molecule has 4 heteroatoms. The van der Waals surface area contributed by atoms with Crippen LogP contribution in [0.4, 0.5) is 4.39 Å². The highest BCUT2D eigenvalue weighted by Crippen LogP contribution is 2.24. The largest absolute Gasteiger partial charge is 0.374 e. The molecule has 0 bridgehead atoms. The number of rotatable bonds is 5. The Bertz CT molecular complexity index is 436. The summed E-state index contributed by atoms with van der Waals surface area (Å²) in [6.07, 6.45) is 1.28. The molecule has 112 valence electrons. The molecule has 1 fully saturated rings. The van der Waals surface area contributed by atoms with Gasteiger partial charge in [-0.2, -0.15) is 0 Å². The number of morpholine rings is 1. The third-order valence-electron chi connectivity index (χ3n) is 3.94. The monoisotopic (exact) mass is 280 g/mol. The van der Waals surface area contributed by atoms with E-state index in [0.29, 0.717) is 5.56 Å². The van der Waals surface area contributed by atoms with Crippen molar-refractivity contribution in [2.45, 2.75) is 32.4 Å². The van der Waals surface area contributed by atoms with Crippen LogP contribution in [0.5, 0.6) is 0 Å². The average molecular weight is 280 g/mol. The lowest BCUT2D eigenvalue weighted by molar-refractivity contribution is -0.0459. The number of halogens is 1. The molecule has 0 spiro atoms. The van der Waals surface area contributed by atoms with E-state index in [2.05, 4.69) is 17.1 Å². The summed E-state index contributed by atoms with van der Waals surface area (Å²) >= 11 is 0. The number of nitrogens with zero attached hydrogens (tertiary/aromatic N) is 1. The van der Waals surface area contributed by atoms with Crippen LogP contribution < -0.4 is 5.32 Å². The maximum Gasteiger partial charge on any atom is 0.126 e. The molecule has 0 amide bonds. The van der Waals surface area contributed by atoms with Gasteiger partial charge in [0.25, 0.3) is 0 Å². The van der Waals surface area contributed by atoms with Gasteiger partial charge >= 0.3 is 0 Å². The third kappa shape index (κ3) is 3.57.